The van der Waals surface area contributed by atoms with Crippen LogP contribution in [0.2, 0.25) is 0 Å². The first-order chi connectivity index (χ1) is 10.1. The van der Waals surface area contributed by atoms with Gasteiger partial charge in [0.2, 0.25) is 5.69 Å². The van der Waals surface area contributed by atoms with Crippen LogP contribution in [0.4, 0.5) is 11.5 Å². The molecule has 0 saturated carbocycles. The van der Waals surface area contributed by atoms with E-state index >= 15 is 0 Å². The Morgan fingerprint density at radius 1 is 1.33 bits per heavy atom. The van der Waals surface area contributed by atoms with Crippen LogP contribution in [0.3, 0.4) is 0 Å². The molecular weight excluding hydrogens is 272 g/mol. The van der Waals surface area contributed by atoms with Crippen LogP contribution in [0.15, 0.2) is 36.4 Å². The highest BCUT2D eigenvalue weighted by molar-refractivity contribution is 5.50. The summed E-state index contributed by atoms with van der Waals surface area (Å²) in [5.41, 5.74) is 1.18. The average molecular weight is 284 g/mol. The zero-order chi connectivity index (χ0) is 15.2. The Balaban J connectivity index is 2.13. The highest BCUT2D eigenvalue weighted by Gasteiger charge is 2.15. The van der Waals surface area contributed by atoms with Crippen molar-refractivity contribution in [3.63, 3.8) is 0 Å². The minimum atomic E-state index is -0.639. The highest BCUT2D eigenvalue weighted by atomic mass is 16.6. The predicted molar refractivity (Wildman–Crippen MR) is 75.3 cm³/mol. The summed E-state index contributed by atoms with van der Waals surface area (Å²) in [6.07, 6.45) is 0. The number of nitriles is 1. The monoisotopic (exact) mass is 284 g/mol. The van der Waals surface area contributed by atoms with Gasteiger partial charge in [-0.15, -0.1) is 0 Å². The number of nitro groups is 1. The number of pyridine rings is 1. The van der Waals surface area contributed by atoms with Crippen molar-refractivity contribution in [2.75, 3.05) is 5.32 Å². The number of aliphatic hydroxyl groups excluding tert-OH is 1. The quantitative estimate of drug-likeness (QED) is 0.641. The van der Waals surface area contributed by atoms with Crippen LogP contribution in [0.5, 0.6) is 0 Å². The Labute approximate surface area is 120 Å². The third-order valence-electron chi connectivity index (χ3n) is 2.82. The second-order valence-electron chi connectivity index (χ2n) is 4.26. The van der Waals surface area contributed by atoms with E-state index in [2.05, 4.69) is 10.3 Å². The van der Waals surface area contributed by atoms with Crippen molar-refractivity contribution in [2.24, 2.45) is 0 Å². The normalized spacial score (nSPS) is 9.90. The van der Waals surface area contributed by atoms with Crippen molar-refractivity contribution in [2.45, 2.75) is 13.2 Å². The fourth-order valence-electron chi connectivity index (χ4n) is 1.81. The molecule has 7 heteroatoms. The van der Waals surface area contributed by atoms with Crippen molar-refractivity contribution in [1.82, 2.24) is 4.98 Å². The molecular formula is C14H12N4O3. The van der Waals surface area contributed by atoms with Crippen LogP contribution in [-0.2, 0) is 13.2 Å². The molecule has 1 aromatic carbocycles. The predicted octanol–water partition coefficient (Wildman–Crippen LogP) is 1.97. The largest absolute Gasteiger partial charge is 0.392 e. The molecule has 106 valence electrons. The minimum absolute atomic E-state index is 0.0395. The number of nitrogens with zero attached hydrogens (tertiary/aromatic N) is 3. The van der Waals surface area contributed by atoms with Crippen molar-refractivity contribution in [3.8, 4) is 6.07 Å². The number of hydrogen-bond donors (Lipinski definition) is 2. The molecule has 0 bridgehead atoms. The fraction of sp³-hybridized carbons (Fsp3) is 0.143. The van der Waals surface area contributed by atoms with Crippen molar-refractivity contribution >= 4 is 11.5 Å². The van der Waals surface area contributed by atoms with Gasteiger partial charge in [0, 0.05) is 12.6 Å². The summed E-state index contributed by atoms with van der Waals surface area (Å²) in [6.45, 7) is 0.395. The Bertz CT molecular complexity index is 710. The number of aliphatic hydroxyl groups is 1. The van der Waals surface area contributed by atoms with Gasteiger partial charge in [0.1, 0.15) is 11.9 Å². The Morgan fingerprint density at radius 3 is 2.76 bits per heavy atom. The zero-order valence-corrected chi connectivity index (χ0v) is 11.0. The van der Waals surface area contributed by atoms with E-state index in [0.717, 1.165) is 11.1 Å². The van der Waals surface area contributed by atoms with E-state index in [1.807, 2.05) is 18.2 Å². The SMILES string of the molecule is N#Cc1nc(NCc2cccc(CO)c2)ccc1[N+](=O)[O-]. The van der Waals surface area contributed by atoms with Gasteiger partial charge >= 0.3 is 5.69 Å². The molecule has 7 nitrogen and oxygen atoms in total. The number of hydrogen-bond acceptors (Lipinski definition) is 6. The molecule has 2 N–H and O–H groups in total. The molecule has 0 aliphatic rings. The van der Waals surface area contributed by atoms with E-state index in [1.165, 1.54) is 12.1 Å². The second-order valence-corrected chi connectivity index (χ2v) is 4.26. The number of rotatable bonds is 5. The smallest absolute Gasteiger partial charge is 0.305 e. The Hall–Kier alpha value is -2.98. The zero-order valence-electron chi connectivity index (χ0n) is 11.0. The van der Waals surface area contributed by atoms with Gasteiger partial charge in [0.25, 0.3) is 0 Å². The molecule has 0 aliphatic heterocycles. The van der Waals surface area contributed by atoms with Gasteiger partial charge < -0.3 is 10.4 Å². The lowest BCUT2D eigenvalue weighted by molar-refractivity contribution is -0.385. The van der Waals surface area contributed by atoms with Crippen LogP contribution in [-0.4, -0.2) is 15.0 Å². The summed E-state index contributed by atoms with van der Waals surface area (Å²) in [6, 6.07) is 11.8. The van der Waals surface area contributed by atoms with E-state index in [0.29, 0.717) is 12.4 Å². The van der Waals surface area contributed by atoms with E-state index < -0.39 is 4.92 Å². The minimum Gasteiger partial charge on any atom is -0.392 e. The van der Waals surface area contributed by atoms with Crippen molar-refractivity contribution in [1.29, 1.82) is 5.26 Å². The summed E-state index contributed by atoms with van der Waals surface area (Å²) < 4.78 is 0. The third-order valence-corrected chi connectivity index (χ3v) is 2.82. The van der Waals surface area contributed by atoms with Crippen LogP contribution in [0, 0.1) is 21.4 Å². The maximum Gasteiger partial charge on any atom is 0.305 e. The first kappa shape index (κ1) is 14.4. The Morgan fingerprint density at radius 2 is 2.10 bits per heavy atom. The molecule has 0 aliphatic carbocycles. The molecule has 2 aromatic rings. The highest BCUT2D eigenvalue weighted by Crippen LogP contribution is 2.18. The van der Waals surface area contributed by atoms with E-state index in [-0.39, 0.29) is 18.0 Å². The van der Waals surface area contributed by atoms with Crippen LogP contribution >= 0.6 is 0 Å². The van der Waals surface area contributed by atoms with E-state index in [4.69, 9.17) is 10.4 Å². The van der Waals surface area contributed by atoms with Gasteiger partial charge in [-0.05, 0) is 17.2 Å². The van der Waals surface area contributed by atoms with Gasteiger partial charge in [-0.25, -0.2) is 4.98 Å². The lowest BCUT2D eigenvalue weighted by Gasteiger charge is -2.07. The molecule has 0 spiro atoms. The maximum atomic E-state index is 10.7. The first-order valence-electron chi connectivity index (χ1n) is 6.12. The molecule has 0 radical (unpaired) electrons. The van der Waals surface area contributed by atoms with Crippen molar-refractivity contribution in [3.05, 3.63) is 63.3 Å². The van der Waals surface area contributed by atoms with Gasteiger partial charge in [-0.3, -0.25) is 10.1 Å². The van der Waals surface area contributed by atoms with Crippen LogP contribution in [0.1, 0.15) is 16.8 Å². The van der Waals surface area contributed by atoms with Gasteiger partial charge in [0.15, 0.2) is 0 Å². The second kappa shape index (κ2) is 6.45. The van der Waals surface area contributed by atoms with E-state index in [9.17, 15) is 10.1 Å². The molecule has 0 fully saturated rings. The maximum absolute atomic E-state index is 10.7. The fourth-order valence-corrected chi connectivity index (χ4v) is 1.81. The summed E-state index contributed by atoms with van der Waals surface area (Å²) in [4.78, 5) is 14.0. The molecule has 0 saturated heterocycles. The van der Waals surface area contributed by atoms with Gasteiger partial charge in [0.05, 0.1) is 11.5 Å². The van der Waals surface area contributed by atoms with Crippen LogP contribution < -0.4 is 5.32 Å². The summed E-state index contributed by atoms with van der Waals surface area (Å²) in [5, 5.41) is 31.6. The number of benzene rings is 1. The third kappa shape index (κ3) is 3.52. The first-order valence-corrected chi connectivity index (χ1v) is 6.12. The lowest BCUT2D eigenvalue weighted by atomic mass is 10.1. The Kier molecular flexibility index (Phi) is 4.43. The number of anilines is 1. The molecule has 21 heavy (non-hydrogen) atoms. The molecule has 1 heterocycles. The summed E-state index contributed by atoms with van der Waals surface area (Å²) >= 11 is 0. The standard InChI is InChI=1S/C14H12N4O3/c15-7-12-13(18(20)21)4-5-14(17-12)16-8-10-2-1-3-11(6-10)9-19/h1-6,19H,8-9H2,(H,16,17). The van der Waals surface area contributed by atoms with E-state index in [1.54, 1.807) is 12.1 Å². The number of nitrogens with one attached hydrogen (secondary N) is 1. The molecule has 1 aromatic heterocycles. The molecule has 0 atom stereocenters. The van der Waals surface area contributed by atoms with Gasteiger partial charge in [-0.2, -0.15) is 5.26 Å². The van der Waals surface area contributed by atoms with Gasteiger partial charge in [-0.1, -0.05) is 24.3 Å². The molecule has 0 amide bonds. The molecule has 0 unspecified atom stereocenters. The lowest BCUT2D eigenvalue weighted by Crippen LogP contribution is -2.04. The topological polar surface area (TPSA) is 112 Å². The summed E-state index contributed by atoms with van der Waals surface area (Å²) in [5.74, 6) is 0.381. The van der Waals surface area contributed by atoms with Crippen LogP contribution in [0.25, 0.3) is 0 Å². The molecule has 2 rings (SSSR count). The summed E-state index contributed by atoms with van der Waals surface area (Å²) in [7, 11) is 0. The average Bonchev–Trinajstić information content (AvgIpc) is 2.52. The van der Waals surface area contributed by atoms with Crippen molar-refractivity contribution < 1.29 is 10.0 Å². The number of aromatic nitrogens is 1.